The van der Waals surface area contributed by atoms with Crippen LogP contribution in [-0.4, -0.2) is 78.1 Å². The van der Waals surface area contributed by atoms with Gasteiger partial charge < -0.3 is 14.9 Å². The summed E-state index contributed by atoms with van der Waals surface area (Å²) in [5, 5.41) is 8.69. The molecule has 0 aromatic carbocycles. The summed E-state index contributed by atoms with van der Waals surface area (Å²) in [6, 6.07) is 0.125. The number of hydrogen-bond acceptors (Lipinski definition) is 3. The van der Waals surface area contributed by atoms with Crippen LogP contribution in [0, 0.1) is 5.92 Å². The molecule has 1 saturated carbocycles. The van der Waals surface area contributed by atoms with Crippen LogP contribution in [0.5, 0.6) is 0 Å². The van der Waals surface area contributed by atoms with E-state index in [-0.39, 0.29) is 12.5 Å². The zero-order chi connectivity index (χ0) is 15.2. The average molecular weight is 297 g/mol. The molecule has 0 spiro atoms. The molecule has 6 nitrogen and oxygen atoms in total. The molecule has 120 valence electrons. The van der Waals surface area contributed by atoms with E-state index in [2.05, 4.69) is 4.90 Å². The molecule has 0 radical (unpaired) electrons. The highest BCUT2D eigenvalue weighted by Crippen LogP contribution is 2.25. The second-order valence-electron chi connectivity index (χ2n) is 6.29. The number of aliphatic carboxylic acids is 1. The quantitative estimate of drug-likeness (QED) is 0.831. The van der Waals surface area contributed by atoms with Gasteiger partial charge in [-0.25, -0.2) is 4.79 Å². The van der Waals surface area contributed by atoms with Gasteiger partial charge in [0.15, 0.2) is 0 Å². The standard InChI is InChI=1S/C15H27N3O3/c1-16(12-13-4-2-3-5-13)15(21)18-10-8-17(9-11-18)7-6-14(19)20/h13H,2-12H2,1H3,(H,19,20). The van der Waals surface area contributed by atoms with Crippen molar-refractivity contribution in [2.24, 2.45) is 5.92 Å². The normalized spacial score (nSPS) is 20.7. The van der Waals surface area contributed by atoms with Gasteiger partial charge in [-0.3, -0.25) is 9.69 Å². The number of rotatable bonds is 5. The fourth-order valence-electron chi connectivity index (χ4n) is 3.32. The first-order chi connectivity index (χ1) is 10.1. The summed E-state index contributed by atoms with van der Waals surface area (Å²) < 4.78 is 0. The number of urea groups is 1. The number of carbonyl (C=O) groups is 2. The van der Waals surface area contributed by atoms with E-state index in [1.807, 2.05) is 16.8 Å². The lowest BCUT2D eigenvalue weighted by Gasteiger charge is -2.37. The van der Waals surface area contributed by atoms with E-state index in [1.165, 1.54) is 25.7 Å². The molecule has 1 heterocycles. The predicted octanol–water partition coefficient (Wildman–Crippen LogP) is 1.32. The van der Waals surface area contributed by atoms with Gasteiger partial charge in [-0.15, -0.1) is 0 Å². The molecule has 1 aliphatic heterocycles. The van der Waals surface area contributed by atoms with Crippen molar-refractivity contribution in [3.05, 3.63) is 0 Å². The molecule has 2 rings (SSSR count). The highest BCUT2D eigenvalue weighted by Gasteiger charge is 2.25. The molecule has 0 aromatic rings. The summed E-state index contributed by atoms with van der Waals surface area (Å²) in [4.78, 5) is 28.8. The van der Waals surface area contributed by atoms with Crippen LogP contribution >= 0.6 is 0 Å². The first-order valence-corrected chi connectivity index (χ1v) is 8.00. The first-order valence-electron chi connectivity index (χ1n) is 8.00. The second-order valence-corrected chi connectivity index (χ2v) is 6.29. The molecule has 1 N–H and O–H groups in total. The van der Waals surface area contributed by atoms with E-state index in [9.17, 15) is 9.59 Å². The number of nitrogens with zero attached hydrogens (tertiary/aromatic N) is 3. The van der Waals surface area contributed by atoms with Crippen LogP contribution in [0.4, 0.5) is 4.79 Å². The van der Waals surface area contributed by atoms with Crippen molar-refractivity contribution in [2.75, 3.05) is 46.3 Å². The van der Waals surface area contributed by atoms with Crippen molar-refractivity contribution < 1.29 is 14.7 Å². The van der Waals surface area contributed by atoms with Crippen LogP contribution in [0.25, 0.3) is 0 Å². The Morgan fingerprint density at radius 1 is 1.14 bits per heavy atom. The van der Waals surface area contributed by atoms with Crippen LogP contribution < -0.4 is 0 Å². The van der Waals surface area contributed by atoms with Gasteiger partial charge in [0.2, 0.25) is 0 Å². The van der Waals surface area contributed by atoms with Gasteiger partial charge in [0, 0.05) is 46.3 Å². The van der Waals surface area contributed by atoms with Crippen LogP contribution in [-0.2, 0) is 4.79 Å². The topological polar surface area (TPSA) is 64.1 Å². The fraction of sp³-hybridized carbons (Fsp3) is 0.867. The maximum Gasteiger partial charge on any atom is 0.319 e. The van der Waals surface area contributed by atoms with Gasteiger partial charge in [-0.2, -0.15) is 0 Å². The van der Waals surface area contributed by atoms with Crippen LogP contribution in [0.15, 0.2) is 0 Å². The average Bonchev–Trinajstić information content (AvgIpc) is 2.97. The lowest BCUT2D eigenvalue weighted by molar-refractivity contribution is -0.137. The first kappa shape index (κ1) is 16.1. The molecule has 6 heteroatoms. The van der Waals surface area contributed by atoms with Gasteiger partial charge in [0.1, 0.15) is 0 Å². The summed E-state index contributed by atoms with van der Waals surface area (Å²) in [6.07, 6.45) is 5.28. The minimum absolute atomic E-state index is 0.125. The predicted molar refractivity (Wildman–Crippen MR) is 80.2 cm³/mol. The Labute approximate surface area is 126 Å². The van der Waals surface area contributed by atoms with Gasteiger partial charge in [0.05, 0.1) is 6.42 Å². The summed E-state index contributed by atoms with van der Waals surface area (Å²) in [5.41, 5.74) is 0. The Hall–Kier alpha value is -1.30. The Morgan fingerprint density at radius 3 is 2.33 bits per heavy atom. The van der Waals surface area contributed by atoms with Crippen molar-refractivity contribution in [1.82, 2.24) is 14.7 Å². The summed E-state index contributed by atoms with van der Waals surface area (Å²) in [6.45, 7) is 4.40. The Morgan fingerprint density at radius 2 is 1.76 bits per heavy atom. The number of carbonyl (C=O) groups excluding carboxylic acids is 1. The zero-order valence-electron chi connectivity index (χ0n) is 13.0. The van der Waals surface area contributed by atoms with Crippen LogP contribution in [0.3, 0.4) is 0 Å². The largest absolute Gasteiger partial charge is 0.481 e. The molecule has 2 amide bonds. The third-order valence-corrected chi connectivity index (χ3v) is 4.62. The van der Waals surface area contributed by atoms with Crippen molar-refractivity contribution in [3.63, 3.8) is 0 Å². The molecule has 0 unspecified atom stereocenters. The number of amides is 2. The molecule has 0 aromatic heterocycles. The molecule has 0 atom stereocenters. The second kappa shape index (κ2) is 7.64. The molecule has 2 aliphatic rings. The van der Waals surface area contributed by atoms with Gasteiger partial charge >= 0.3 is 12.0 Å². The molecule has 0 bridgehead atoms. The molecule has 1 aliphatic carbocycles. The lowest BCUT2D eigenvalue weighted by atomic mass is 10.1. The Kier molecular flexibility index (Phi) is 5.85. The van der Waals surface area contributed by atoms with E-state index in [0.717, 1.165) is 19.6 Å². The van der Waals surface area contributed by atoms with Gasteiger partial charge in [-0.1, -0.05) is 12.8 Å². The van der Waals surface area contributed by atoms with Gasteiger partial charge in [0.25, 0.3) is 0 Å². The van der Waals surface area contributed by atoms with E-state index in [4.69, 9.17) is 5.11 Å². The lowest BCUT2D eigenvalue weighted by Crippen LogP contribution is -2.52. The molecule has 21 heavy (non-hydrogen) atoms. The third kappa shape index (κ3) is 4.88. The van der Waals surface area contributed by atoms with Crippen molar-refractivity contribution >= 4 is 12.0 Å². The SMILES string of the molecule is CN(CC1CCCC1)C(=O)N1CCN(CCC(=O)O)CC1. The summed E-state index contributed by atoms with van der Waals surface area (Å²) in [5.74, 6) is -0.0828. The smallest absolute Gasteiger partial charge is 0.319 e. The zero-order valence-corrected chi connectivity index (χ0v) is 13.0. The minimum Gasteiger partial charge on any atom is -0.481 e. The van der Waals surface area contributed by atoms with E-state index in [0.29, 0.717) is 25.6 Å². The monoisotopic (exact) mass is 297 g/mol. The number of carboxylic acids is 1. The number of piperazine rings is 1. The van der Waals surface area contributed by atoms with Crippen LogP contribution in [0.2, 0.25) is 0 Å². The maximum atomic E-state index is 12.4. The Bertz CT molecular complexity index is 361. The maximum absolute atomic E-state index is 12.4. The van der Waals surface area contributed by atoms with Crippen molar-refractivity contribution in [1.29, 1.82) is 0 Å². The summed E-state index contributed by atoms with van der Waals surface area (Å²) in [7, 11) is 1.90. The van der Waals surface area contributed by atoms with Crippen molar-refractivity contribution in [2.45, 2.75) is 32.1 Å². The highest BCUT2D eigenvalue weighted by molar-refractivity contribution is 5.74. The van der Waals surface area contributed by atoms with E-state index < -0.39 is 5.97 Å². The molecular formula is C15H27N3O3. The van der Waals surface area contributed by atoms with E-state index >= 15 is 0 Å². The van der Waals surface area contributed by atoms with Gasteiger partial charge in [-0.05, 0) is 18.8 Å². The van der Waals surface area contributed by atoms with Crippen LogP contribution in [0.1, 0.15) is 32.1 Å². The van der Waals surface area contributed by atoms with Crippen molar-refractivity contribution in [3.8, 4) is 0 Å². The number of carboxylic acid groups (broad SMARTS) is 1. The Balaban J connectivity index is 1.70. The summed E-state index contributed by atoms with van der Waals surface area (Å²) >= 11 is 0. The molecule has 2 fully saturated rings. The number of hydrogen-bond donors (Lipinski definition) is 1. The molecular weight excluding hydrogens is 270 g/mol. The third-order valence-electron chi connectivity index (χ3n) is 4.62. The minimum atomic E-state index is -0.759. The fourth-order valence-corrected chi connectivity index (χ4v) is 3.32. The molecule has 1 saturated heterocycles. The highest BCUT2D eigenvalue weighted by atomic mass is 16.4. The van der Waals surface area contributed by atoms with E-state index in [1.54, 1.807) is 0 Å².